The van der Waals surface area contributed by atoms with Gasteiger partial charge >= 0.3 is 6.16 Å². The SMILES string of the molecule is O=C(O)ON1CCC(O)C(n2ccc(OCc3ccccc3)cc2=O)C1. The van der Waals surface area contributed by atoms with E-state index in [2.05, 4.69) is 4.84 Å². The Morgan fingerprint density at radius 3 is 2.69 bits per heavy atom. The molecule has 2 unspecified atom stereocenters. The maximum atomic E-state index is 12.4. The molecule has 8 heteroatoms. The molecule has 2 atom stereocenters. The molecule has 0 bridgehead atoms. The molecule has 0 spiro atoms. The fourth-order valence-electron chi connectivity index (χ4n) is 2.93. The van der Waals surface area contributed by atoms with Crippen molar-refractivity contribution in [3.8, 4) is 5.75 Å². The highest BCUT2D eigenvalue weighted by Crippen LogP contribution is 2.22. The Morgan fingerprint density at radius 2 is 2.00 bits per heavy atom. The maximum absolute atomic E-state index is 12.4. The molecular formula is C18H20N2O6. The number of rotatable bonds is 5. The summed E-state index contributed by atoms with van der Waals surface area (Å²) in [6.45, 7) is 0.713. The van der Waals surface area contributed by atoms with E-state index in [0.717, 1.165) is 5.56 Å². The van der Waals surface area contributed by atoms with Gasteiger partial charge in [0.1, 0.15) is 12.4 Å². The third kappa shape index (κ3) is 4.41. The monoisotopic (exact) mass is 360 g/mol. The second-order valence-electron chi connectivity index (χ2n) is 6.05. The number of aromatic nitrogens is 1. The number of hydroxylamine groups is 2. The lowest BCUT2D eigenvalue weighted by Gasteiger charge is -2.34. The number of benzene rings is 1. The van der Waals surface area contributed by atoms with Crippen LogP contribution in [0.15, 0.2) is 53.5 Å². The van der Waals surface area contributed by atoms with Crippen LogP contribution in [0.4, 0.5) is 4.79 Å². The topological polar surface area (TPSA) is 101 Å². The summed E-state index contributed by atoms with van der Waals surface area (Å²) in [5.74, 6) is 0.430. The van der Waals surface area contributed by atoms with Crippen LogP contribution in [0.2, 0.25) is 0 Å². The Balaban J connectivity index is 1.70. The van der Waals surface area contributed by atoms with Crippen LogP contribution in [0.5, 0.6) is 5.75 Å². The molecular weight excluding hydrogens is 340 g/mol. The molecule has 2 heterocycles. The molecule has 2 N–H and O–H groups in total. The van der Waals surface area contributed by atoms with Gasteiger partial charge in [0.15, 0.2) is 0 Å². The molecule has 8 nitrogen and oxygen atoms in total. The van der Waals surface area contributed by atoms with Crippen molar-refractivity contribution >= 4 is 6.16 Å². The first kappa shape index (κ1) is 18.0. The summed E-state index contributed by atoms with van der Waals surface area (Å²) < 4.78 is 7.00. The number of hydrogen-bond acceptors (Lipinski definition) is 6. The number of carboxylic acid groups (broad SMARTS) is 1. The number of hydrogen-bond donors (Lipinski definition) is 2. The van der Waals surface area contributed by atoms with Crippen LogP contribution in [0.1, 0.15) is 18.0 Å². The van der Waals surface area contributed by atoms with Gasteiger partial charge in [-0.1, -0.05) is 30.3 Å². The van der Waals surface area contributed by atoms with Gasteiger partial charge in [0.25, 0.3) is 5.56 Å². The van der Waals surface area contributed by atoms with Crippen LogP contribution in [0, 0.1) is 0 Å². The van der Waals surface area contributed by atoms with Crippen LogP contribution in [-0.2, 0) is 11.4 Å². The van der Waals surface area contributed by atoms with Gasteiger partial charge in [-0.15, -0.1) is 5.06 Å². The van der Waals surface area contributed by atoms with Crippen molar-refractivity contribution in [1.29, 1.82) is 0 Å². The summed E-state index contributed by atoms with van der Waals surface area (Å²) in [6, 6.07) is 12.0. The molecule has 1 aliphatic rings. The first-order valence-corrected chi connectivity index (χ1v) is 8.26. The Kier molecular flexibility index (Phi) is 5.55. The molecule has 1 aliphatic heterocycles. The standard InChI is InChI=1S/C18H20N2O6/c21-16-7-8-19(26-18(23)24)11-15(16)20-9-6-14(10-17(20)22)25-12-13-4-2-1-3-5-13/h1-6,9-10,15-16,21H,7-8,11-12H2,(H,23,24). The smallest absolute Gasteiger partial charge is 0.489 e. The summed E-state index contributed by atoms with van der Waals surface area (Å²) >= 11 is 0. The maximum Gasteiger partial charge on any atom is 0.525 e. The van der Waals surface area contributed by atoms with E-state index in [9.17, 15) is 14.7 Å². The first-order valence-electron chi connectivity index (χ1n) is 8.26. The second-order valence-corrected chi connectivity index (χ2v) is 6.05. The number of carbonyl (C=O) groups is 1. The molecule has 0 radical (unpaired) electrons. The van der Waals surface area contributed by atoms with E-state index in [1.165, 1.54) is 15.7 Å². The first-order chi connectivity index (χ1) is 12.5. The van der Waals surface area contributed by atoms with Crippen molar-refractivity contribution in [1.82, 2.24) is 9.63 Å². The Bertz CT molecular complexity index is 807. The van der Waals surface area contributed by atoms with Gasteiger partial charge in [-0.25, -0.2) is 4.79 Å². The number of ether oxygens (including phenoxy) is 1. The van der Waals surface area contributed by atoms with Crippen molar-refractivity contribution < 1.29 is 24.6 Å². The van der Waals surface area contributed by atoms with Gasteiger partial charge < -0.3 is 24.4 Å². The number of nitrogens with zero attached hydrogens (tertiary/aromatic N) is 2. The molecule has 0 amide bonds. The van der Waals surface area contributed by atoms with Gasteiger partial charge in [0.2, 0.25) is 0 Å². The minimum Gasteiger partial charge on any atom is -0.489 e. The lowest BCUT2D eigenvalue weighted by atomic mass is 10.0. The summed E-state index contributed by atoms with van der Waals surface area (Å²) in [5.41, 5.74) is 0.651. The van der Waals surface area contributed by atoms with E-state index in [1.54, 1.807) is 12.3 Å². The Hall–Kier alpha value is -2.84. The van der Waals surface area contributed by atoms with Crippen LogP contribution < -0.4 is 10.3 Å². The highest BCUT2D eigenvalue weighted by atomic mass is 16.8. The van der Waals surface area contributed by atoms with E-state index in [4.69, 9.17) is 9.84 Å². The number of aliphatic hydroxyl groups excluding tert-OH is 1. The summed E-state index contributed by atoms with van der Waals surface area (Å²) in [4.78, 5) is 27.7. The minimum absolute atomic E-state index is 0.0948. The van der Waals surface area contributed by atoms with E-state index < -0.39 is 18.3 Å². The minimum atomic E-state index is -1.42. The van der Waals surface area contributed by atoms with E-state index in [-0.39, 0.29) is 18.6 Å². The highest BCUT2D eigenvalue weighted by Gasteiger charge is 2.31. The van der Waals surface area contributed by atoms with Gasteiger partial charge in [-0.05, 0) is 18.1 Å². The quantitative estimate of drug-likeness (QED) is 0.836. The zero-order valence-electron chi connectivity index (χ0n) is 14.0. The Morgan fingerprint density at radius 1 is 1.23 bits per heavy atom. The number of piperidine rings is 1. The third-order valence-electron chi connectivity index (χ3n) is 4.24. The number of pyridine rings is 1. The lowest BCUT2D eigenvalue weighted by Crippen LogP contribution is -2.47. The van der Waals surface area contributed by atoms with E-state index in [1.807, 2.05) is 30.3 Å². The van der Waals surface area contributed by atoms with Crippen LogP contribution in [-0.4, -0.2) is 45.2 Å². The van der Waals surface area contributed by atoms with Crippen molar-refractivity contribution in [2.24, 2.45) is 0 Å². The predicted molar refractivity (Wildman–Crippen MR) is 91.8 cm³/mol. The molecule has 2 aromatic rings. The zero-order valence-corrected chi connectivity index (χ0v) is 14.0. The normalized spacial score (nSPS) is 20.5. The molecule has 138 valence electrons. The molecule has 26 heavy (non-hydrogen) atoms. The summed E-state index contributed by atoms with van der Waals surface area (Å²) in [6.07, 6.45) is -0.341. The Labute approximate surface area is 149 Å². The van der Waals surface area contributed by atoms with Gasteiger partial charge in [0.05, 0.1) is 18.7 Å². The van der Waals surface area contributed by atoms with Crippen molar-refractivity contribution in [2.45, 2.75) is 25.2 Å². The molecule has 1 aromatic carbocycles. The van der Waals surface area contributed by atoms with Crippen molar-refractivity contribution in [3.63, 3.8) is 0 Å². The molecule has 1 saturated heterocycles. The average Bonchev–Trinajstić information content (AvgIpc) is 2.62. The lowest BCUT2D eigenvalue weighted by molar-refractivity contribution is -0.156. The van der Waals surface area contributed by atoms with Crippen LogP contribution >= 0.6 is 0 Å². The molecule has 1 fully saturated rings. The second kappa shape index (κ2) is 8.03. The fourth-order valence-corrected chi connectivity index (χ4v) is 2.93. The molecule has 1 aromatic heterocycles. The van der Waals surface area contributed by atoms with Crippen LogP contribution in [0.25, 0.3) is 0 Å². The number of aliphatic hydroxyl groups is 1. The summed E-state index contributed by atoms with van der Waals surface area (Å²) in [7, 11) is 0. The highest BCUT2D eigenvalue weighted by molar-refractivity contribution is 5.56. The average molecular weight is 360 g/mol. The molecule has 3 rings (SSSR count). The third-order valence-corrected chi connectivity index (χ3v) is 4.24. The van der Waals surface area contributed by atoms with Gasteiger partial charge in [-0.2, -0.15) is 0 Å². The zero-order chi connectivity index (χ0) is 18.5. The fraction of sp³-hybridized carbons (Fsp3) is 0.333. The van der Waals surface area contributed by atoms with Gasteiger partial charge in [0, 0.05) is 18.8 Å². The summed E-state index contributed by atoms with van der Waals surface area (Å²) in [5, 5.41) is 20.1. The largest absolute Gasteiger partial charge is 0.525 e. The molecule has 0 saturated carbocycles. The van der Waals surface area contributed by atoms with Gasteiger partial charge in [-0.3, -0.25) is 4.79 Å². The van der Waals surface area contributed by atoms with E-state index in [0.29, 0.717) is 18.8 Å². The van der Waals surface area contributed by atoms with E-state index >= 15 is 0 Å². The van der Waals surface area contributed by atoms with Crippen molar-refractivity contribution in [3.05, 3.63) is 64.6 Å². The van der Waals surface area contributed by atoms with Crippen LogP contribution in [0.3, 0.4) is 0 Å². The predicted octanol–water partition coefficient (Wildman–Crippen LogP) is 1.64. The molecule has 0 aliphatic carbocycles. The van der Waals surface area contributed by atoms with Crippen molar-refractivity contribution in [2.75, 3.05) is 13.1 Å².